The number of rotatable bonds is 6. The third-order valence-corrected chi connectivity index (χ3v) is 2.20. The van der Waals surface area contributed by atoms with Gasteiger partial charge >= 0.3 is 0 Å². The molecule has 0 aliphatic heterocycles. The summed E-state index contributed by atoms with van der Waals surface area (Å²) in [5.74, 6) is -0.0290. The minimum atomic E-state index is -0.0290. The predicted molar refractivity (Wildman–Crippen MR) is 62.9 cm³/mol. The van der Waals surface area contributed by atoms with E-state index in [1.54, 1.807) is 0 Å². The van der Waals surface area contributed by atoms with Gasteiger partial charge in [-0.15, -0.1) is 0 Å². The Bertz CT molecular complexity index is 347. The first-order valence-corrected chi connectivity index (χ1v) is 5.27. The summed E-state index contributed by atoms with van der Waals surface area (Å²) in [6.45, 7) is 0.421. The van der Waals surface area contributed by atoms with E-state index in [2.05, 4.69) is 5.32 Å². The van der Waals surface area contributed by atoms with Gasteiger partial charge in [-0.25, -0.2) is 0 Å². The second-order valence-corrected chi connectivity index (χ2v) is 3.55. The van der Waals surface area contributed by atoms with Crippen LogP contribution in [0.1, 0.15) is 18.4 Å². The lowest BCUT2D eigenvalue weighted by molar-refractivity contribution is -0.121. The van der Waals surface area contributed by atoms with Gasteiger partial charge in [-0.2, -0.15) is 0 Å². The zero-order valence-electron chi connectivity index (χ0n) is 9.11. The molecular formula is C12H16N2O2. The van der Waals surface area contributed by atoms with Gasteiger partial charge in [0.05, 0.1) is 0 Å². The van der Waals surface area contributed by atoms with Crippen molar-refractivity contribution in [2.75, 3.05) is 12.3 Å². The van der Waals surface area contributed by atoms with Crippen LogP contribution >= 0.6 is 0 Å². The summed E-state index contributed by atoms with van der Waals surface area (Å²) in [4.78, 5) is 21.3. The molecule has 0 saturated carbocycles. The fraction of sp³-hybridized carbons (Fsp3) is 0.333. The topological polar surface area (TPSA) is 72.2 Å². The van der Waals surface area contributed by atoms with Crippen LogP contribution in [0.25, 0.3) is 0 Å². The summed E-state index contributed by atoms with van der Waals surface area (Å²) in [5.41, 5.74) is 7.36. The number of hydrogen-bond acceptors (Lipinski definition) is 3. The quantitative estimate of drug-likeness (QED) is 0.425. The highest BCUT2D eigenvalue weighted by Gasteiger charge is 2.01. The fourth-order valence-electron chi connectivity index (χ4n) is 1.30. The molecule has 0 aliphatic carbocycles. The number of amides is 1. The number of carbonyl (C=O) groups is 2. The molecule has 4 nitrogen and oxygen atoms in total. The highest BCUT2D eigenvalue weighted by molar-refractivity contribution is 5.76. The van der Waals surface area contributed by atoms with E-state index in [1.165, 1.54) is 0 Å². The molecule has 0 radical (unpaired) electrons. The van der Waals surface area contributed by atoms with Gasteiger partial charge in [-0.05, 0) is 24.1 Å². The number of anilines is 1. The summed E-state index contributed by atoms with van der Waals surface area (Å²) < 4.78 is 0. The van der Waals surface area contributed by atoms with Gasteiger partial charge < -0.3 is 15.8 Å². The molecular weight excluding hydrogens is 204 g/mol. The van der Waals surface area contributed by atoms with E-state index < -0.39 is 0 Å². The van der Waals surface area contributed by atoms with Crippen LogP contribution in [0.4, 0.5) is 5.69 Å². The molecule has 1 amide bonds. The second kappa shape index (κ2) is 6.61. The number of nitrogens with two attached hydrogens (primary N) is 1. The number of aryl methyl sites for hydroxylation is 1. The molecule has 0 aromatic heterocycles. The van der Waals surface area contributed by atoms with Crippen molar-refractivity contribution in [1.29, 1.82) is 0 Å². The predicted octanol–water partition coefficient (Wildman–Crippen LogP) is 0.907. The summed E-state index contributed by atoms with van der Waals surface area (Å²) in [6.07, 6.45) is 2.28. The largest absolute Gasteiger partial charge is 0.399 e. The molecule has 0 fully saturated rings. The lowest BCUT2D eigenvalue weighted by Gasteiger charge is -2.03. The molecule has 1 aromatic carbocycles. The molecule has 1 rings (SSSR count). The van der Waals surface area contributed by atoms with Crippen LogP contribution < -0.4 is 11.1 Å². The lowest BCUT2D eigenvalue weighted by atomic mass is 10.1. The van der Waals surface area contributed by atoms with Gasteiger partial charge in [0.2, 0.25) is 5.91 Å². The molecule has 16 heavy (non-hydrogen) atoms. The van der Waals surface area contributed by atoms with Crippen molar-refractivity contribution in [2.24, 2.45) is 0 Å². The monoisotopic (exact) mass is 220 g/mol. The molecule has 3 N–H and O–H groups in total. The van der Waals surface area contributed by atoms with E-state index in [1.807, 2.05) is 24.3 Å². The van der Waals surface area contributed by atoms with Crippen LogP contribution in [0.3, 0.4) is 0 Å². The SMILES string of the molecule is Nc1ccc(CCC(=O)NCCC=O)cc1. The maximum absolute atomic E-state index is 11.3. The number of nitrogens with one attached hydrogen (secondary N) is 1. The molecule has 0 atom stereocenters. The van der Waals surface area contributed by atoms with Crippen LogP contribution in [0, 0.1) is 0 Å². The van der Waals surface area contributed by atoms with Gasteiger partial charge in [-0.3, -0.25) is 4.79 Å². The standard InChI is InChI=1S/C12H16N2O2/c13-11-5-2-10(3-6-11)4-7-12(16)14-8-1-9-15/h2-3,5-6,9H,1,4,7-8,13H2,(H,14,16). The molecule has 0 aliphatic rings. The van der Waals surface area contributed by atoms with Crippen LogP contribution in [0.2, 0.25) is 0 Å². The van der Waals surface area contributed by atoms with Crippen molar-refractivity contribution < 1.29 is 9.59 Å². The average Bonchev–Trinajstić information content (AvgIpc) is 2.29. The van der Waals surface area contributed by atoms with Crippen molar-refractivity contribution in [3.05, 3.63) is 29.8 Å². The van der Waals surface area contributed by atoms with E-state index in [4.69, 9.17) is 5.73 Å². The number of nitrogen functional groups attached to an aromatic ring is 1. The van der Waals surface area contributed by atoms with E-state index in [-0.39, 0.29) is 5.91 Å². The summed E-state index contributed by atoms with van der Waals surface area (Å²) in [5, 5.41) is 2.67. The molecule has 86 valence electrons. The first kappa shape index (κ1) is 12.2. The molecule has 1 aromatic rings. The zero-order valence-corrected chi connectivity index (χ0v) is 9.11. The van der Waals surface area contributed by atoms with Crippen molar-refractivity contribution in [1.82, 2.24) is 5.32 Å². The summed E-state index contributed by atoms with van der Waals surface area (Å²) in [7, 11) is 0. The van der Waals surface area contributed by atoms with Crippen molar-refractivity contribution in [3.8, 4) is 0 Å². The van der Waals surface area contributed by atoms with Crippen LogP contribution in [-0.4, -0.2) is 18.7 Å². The summed E-state index contributed by atoms with van der Waals surface area (Å²) >= 11 is 0. The number of hydrogen-bond donors (Lipinski definition) is 2. The summed E-state index contributed by atoms with van der Waals surface area (Å²) in [6, 6.07) is 7.46. The Kier molecular flexibility index (Phi) is 5.05. The van der Waals surface area contributed by atoms with Gasteiger partial charge in [0.1, 0.15) is 6.29 Å². The normalized spacial score (nSPS) is 9.75. The molecule has 0 bridgehead atoms. The Morgan fingerprint density at radius 3 is 2.62 bits per heavy atom. The highest BCUT2D eigenvalue weighted by atomic mass is 16.1. The first-order chi connectivity index (χ1) is 7.72. The van der Waals surface area contributed by atoms with Crippen molar-refractivity contribution in [2.45, 2.75) is 19.3 Å². The molecule has 0 spiro atoms. The van der Waals surface area contributed by atoms with Crippen molar-refractivity contribution in [3.63, 3.8) is 0 Å². The third-order valence-electron chi connectivity index (χ3n) is 2.20. The van der Waals surface area contributed by atoms with Gasteiger partial charge in [-0.1, -0.05) is 12.1 Å². The Hall–Kier alpha value is -1.84. The third kappa shape index (κ3) is 4.59. The minimum absolute atomic E-state index is 0.0290. The Balaban J connectivity index is 2.26. The van der Waals surface area contributed by atoms with Gasteiger partial charge in [0.25, 0.3) is 0 Å². The maximum atomic E-state index is 11.3. The lowest BCUT2D eigenvalue weighted by Crippen LogP contribution is -2.24. The van der Waals surface area contributed by atoms with Crippen LogP contribution in [0.5, 0.6) is 0 Å². The first-order valence-electron chi connectivity index (χ1n) is 5.27. The van der Waals surface area contributed by atoms with Crippen LogP contribution in [0.15, 0.2) is 24.3 Å². The van der Waals surface area contributed by atoms with Crippen LogP contribution in [-0.2, 0) is 16.0 Å². The second-order valence-electron chi connectivity index (χ2n) is 3.55. The van der Waals surface area contributed by atoms with E-state index in [0.717, 1.165) is 17.5 Å². The van der Waals surface area contributed by atoms with Gasteiger partial charge in [0, 0.05) is 25.1 Å². The number of carbonyl (C=O) groups excluding carboxylic acids is 2. The zero-order chi connectivity index (χ0) is 11.8. The minimum Gasteiger partial charge on any atom is -0.399 e. The molecule has 0 unspecified atom stereocenters. The Labute approximate surface area is 94.8 Å². The highest BCUT2D eigenvalue weighted by Crippen LogP contribution is 2.07. The molecule has 0 saturated heterocycles. The van der Waals surface area contributed by atoms with E-state index in [9.17, 15) is 9.59 Å². The van der Waals surface area contributed by atoms with Gasteiger partial charge in [0.15, 0.2) is 0 Å². The Morgan fingerprint density at radius 2 is 2.00 bits per heavy atom. The number of aldehydes is 1. The van der Waals surface area contributed by atoms with Crippen molar-refractivity contribution >= 4 is 17.9 Å². The average molecular weight is 220 g/mol. The Morgan fingerprint density at radius 1 is 1.31 bits per heavy atom. The van der Waals surface area contributed by atoms with E-state index >= 15 is 0 Å². The molecule has 0 heterocycles. The molecule has 4 heteroatoms. The fourth-order valence-corrected chi connectivity index (χ4v) is 1.30. The number of benzene rings is 1. The maximum Gasteiger partial charge on any atom is 0.220 e. The smallest absolute Gasteiger partial charge is 0.220 e. The van der Waals surface area contributed by atoms with E-state index in [0.29, 0.717) is 25.8 Å².